The topological polar surface area (TPSA) is 39.2 Å². The standard InChI is InChI=1S/C16H14ClNO/c1-10(18)12-6-2-3-7-13(12)15-9-11-5-4-8-14(17)16(11)19-15/h2-10H,18H2,1H3. The highest BCUT2D eigenvalue weighted by Crippen LogP contribution is 2.34. The molecule has 1 atom stereocenters. The van der Waals surface area contributed by atoms with Crippen molar-refractivity contribution in [3.63, 3.8) is 0 Å². The van der Waals surface area contributed by atoms with Gasteiger partial charge in [0.2, 0.25) is 0 Å². The first-order valence-corrected chi connectivity index (χ1v) is 6.57. The molecule has 0 aliphatic rings. The minimum atomic E-state index is -0.0418. The van der Waals surface area contributed by atoms with Crippen molar-refractivity contribution >= 4 is 22.6 Å². The monoisotopic (exact) mass is 271 g/mol. The van der Waals surface area contributed by atoms with Crippen LogP contribution in [0.3, 0.4) is 0 Å². The average Bonchev–Trinajstić information content (AvgIpc) is 2.84. The first-order chi connectivity index (χ1) is 9.16. The lowest BCUT2D eigenvalue weighted by Gasteiger charge is -2.10. The normalized spacial score (nSPS) is 12.8. The van der Waals surface area contributed by atoms with Gasteiger partial charge in [-0.2, -0.15) is 0 Å². The average molecular weight is 272 g/mol. The van der Waals surface area contributed by atoms with Gasteiger partial charge in [-0.05, 0) is 24.6 Å². The number of benzene rings is 2. The van der Waals surface area contributed by atoms with Gasteiger partial charge in [0.1, 0.15) is 5.76 Å². The van der Waals surface area contributed by atoms with E-state index in [1.165, 1.54) is 0 Å². The summed E-state index contributed by atoms with van der Waals surface area (Å²) in [5, 5.41) is 1.63. The highest BCUT2D eigenvalue weighted by molar-refractivity contribution is 6.34. The second kappa shape index (κ2) is 4.72. The van der Waals surface area contributed by atoms with Crippen LogP contribution in [-0.2, 0) is 0 Å². The van der Waals surface area contributed by atoms with E-state index in [0.29, 0.717) is 5.02 Å². The first-order valence-electron chi connectivity index (χ1n) is 6.20. The van der Waals surface area contributed by atoms with Gasteiger partial charge in [-0.1, -0.05) is 48.0 Å². The summed E-state index contributed by atoms with van der Waals surface area (Å²) in [5.41, 5.74) is 8.81. The molecular formula is C16H14ClNO. The van der Waals surface area contributed by atoms with Crippen molar-refractivity contribution in [1.29, 1.82) is 0 Å². The summed E-state index contributed by atoms with van der Waals surface area (Å²) in [7, 11) is 0. The van der Waals surface area contributed by atoms with Crippen LogP contribution in [0, 0.1) is 0 Å². The summed E-state index contributed by atoms with van der Waals surface area (Å²) in [4.78, 5) is 0. The lowest BCUT2D eigenvalue weighted by Crippen LogP contribution is -2.06. The molecule has 96 valence electrons. The molecule has 1 heterocycles. The molecule has 0 fully saturated rings. The molecule has 0 spiro atoms. The fourth-order valence-electron chi connectivity index (χ4n) is 2.28. The van der Waals surface area contributed by atoms with E-state index in [0.717, 1.165) is 27.9 Å². The Labute approximate surface area is 116 Å². The zero-order valence-corrected chi connectivity index (χ0v) is 11.3. The number of nitrogens with two attached hydrogens (primary N) is 1. The van der Waals surface area contributed by atoms with Crippen LogP contribution < -0.4 is 5.73 Å². The number of rotatable bonds is 2. The molecule has 3 heteroatoms. The van der Waals surface area contributed by atoms with Gasteiger partial charge in [-0.3, -0.25) is 0 Å². The number of hydrogen-bond donors (Lipinski definition) is 1. The molecule has 1 aromatic heterocycles. The van der Waals surface area contributed by atoms with Crippen LogP contribution in [0.1, 0.15) is 18.5 Å². The third kappa shape index (κ3) is 2.14. The van der Waals surface area contributed by atoms with Gasteiger partial charge >= 0.3 is 0 Å². The third-order valence-electron chi connectivity index (χ3n) is 3.21. The van der Waals surface area contributed by atoms with Crippen LogP contribution >= 0.6 is 11.6 Å². The maximum atomic E-state index is 6.14. The zero-order chi connectivity index (χ0) is 13.4. The first kappa shape index (κ1) is 12.3. The molecular weight excluding hydrogens is 258 g/mol. The summed E-state index contributed by atoms with van der Waals surface area (Å²) >= 11 is 6.14. The van der Waals surface area contributed by atoms with Crippen LogP contribution in [0.4, 0.5) is 0 Å². The Morgan fingerprint density at radius 1 is 1.11 bits per heavy atom. The molecule has 0 amide bonds. The van der Waals surface area contributed by atoms with Crippen molar-refractivity contribution in [2.75, 3.05) is 0 Å². The number of furan rings is 1. The SMILES string of the molecule is CC(N)c1ccccc1-c1cc2cccc(Cl)c2o1. The van der Waals surface area contributed by atoms with Gasteiger partial charge in [-0.25, -0.2) is 0 Å². The van der Waals surface area contributed by atoms with Crippen molar-refractivity contribution in [2.24, 2.45) is 5.73 Å². The molecule has 19 heavy (non-hydrogen) atoms. The fourth-order valence-corrected chi connectivity index (χ4v) is 2.50. The predicted molar refractivity (Wildman–Crippen MR) is 79.3 cm³/mol. The van der Waals surface area contributed by atoms with Gasteiger partial charge in [0, 0.05) is 17.0 Å². The molecule has 0 bridgehead atoms. The lowest BCUT2D eigenvalue weighted by atomic mass is 10.0. The minimum Gasteiger partial charge on any atom is -0.455 e. The number of para-hydroxylation sites is 1. The summed E-state index contributed by atoms with van der Waals surface area (Å²) < 4.78 is 5.89. The van der Waals surface area contributed by atoms with E-state index in [9.17, 15) is 0 Å². The van der Waals surface area contributed by atoms with Gasteiger partial charge in [0.05, 0.1) is 5.02 Å². The smallest absolute Gasteiger partial charge is 0.153 e. The van der Waals surface area contributed by atoms with Crippen molar-refractivity contribution in [2.45, 2.75) is 13.0 Å². The van der Waals surface area contributed by atoms with Crippen LogP contribution in [-0.4, -0.2) is 0 Å². The van der Waals surface area contributed by atoms with E-state index in [-0.39, 0.29) is 6.04 Å². The van der Waals surface area contributed by atoms with Crippen molar-refractivity contribution in [3.05, 3.63) is 59.1 Å². The Bertz CT molecular complexity index is 730. The quantitative estimate of drug-likeness (QED) is 0.729. The zero-order valence-electron chi connectivity index (χ0n) is 10.6. The van der Waals surface area contributed by atoms with E-state index < -0.39 is 0 Å². The van der Waals surface area contributed by atoms with Crippen molar-refractivity contribution in [1.82, 2.24) is 0 Å². The Morgan fingerprint density at radius 3 is 2.63 bits per heavy atom. The Kier molecular flexibility index (Phi) is 3.05. The van der Waals surface area contributed by atoms with Crippen LogP contribution in [0.25, 0.3) is 22.3 Å². The molecule has 2 nitrogen and oxygen atoms in total. The number of fused-ring (bicyclic) bond motifs is 1. The minimum absolute atomic E-state index is 0.0418. The van der Waals surface area contributed by atoms with E-state index in [4.69, 9.17) is 21.8 Å². The van der Waals surface area contributed by atoms with E-state index in [2.05, 4.69) is 0 Å². The second-order valence-corrected chi connectivity index (χ2v) is 5.05. The van der Waals surface area contributed by atoms with Gasteiger partial charge in [-0.15, -0.1) is 0 Å². The summed E-state index contributed by atoms with van der Waals surface area (Å²) in [5.74, 6) is 0.802. The molecule has 3 aromatic rings. The van der Waals surface area contributed by atoms with Gasteiger partial charge < -0.3 is 10.2 Å². The Hall–Kier alpha value is -1.77. The number of hydrogen-bond acceptors (Lipinski definition) is 2. The van der Waals surface area contributed by atoms with Crippen molar-refractivity contribution < 1.29 is 4.42 Å². The van der Waals surface area contributed by atoms with Crippen molar-refractivity contribution in [3.8, 4) is 11.3 Å². The Balaban J connectivity index is 2.22. The third-order valence-corrected chi connectivity index (χ3v) is 3.51. The van der Waals surface area contributed by atoms with Gasteiger partial charge in [0.15, 0.2) is 5.58 Å². The fraction of sp³-hybridized carbons (Fsp3) is 0.125. The van der Waals surface area contributed by atoms with E-state index >= 15 is 0 Å². The van der Waals surface area contributed by atoms with Crippen LogP contribution in [0.5, 0.6) is 0 Å². The predicted octanol–water partition coefficient (Wildman–Crippen LogP) is 4.77. The maximum Gasteiger partial charge on any atom is 0.153 e. The highest BCUT2D eigenvalue weighted by Gasteiger charge is 2.13. The maximum absolute atomic E-state index is 6.14. The van der Waals surface area contributed by atoms with Gasteiger partial charge in [0.25, 0.3) is 0 Å². The van der Waals surface area contributed by atoms with E-state index in [1.54, 1.807) is 0 Å². The summed E-state index contributed by atoms with van der Waals surface area (Å²) in [6.45, 7) is 1.97. The highest BCUT2D eigenvalue weighted by atomic mass is 35.5. The molecule has 3 rings (SSSR count). The molecule has 1 unspecified atom stereocenters. The number of halogens is 1. The lowest BCUT2D eigenvalue weighted by molar-refractivity contribution is 0.629. The summed E-state index contributed by atoms with van der Waals surface area (Å²) in [6.07, 6.45) is 0. The molecule has 0 aliphatic heterocycles. The molecule has 0 radical (unpaired) electrons. The molecule has 0 saturated carbocycles. The Morgan fingerprint density at radius 2 is 1.89 bits per heavy atom. The van der Waals surface area contributed by atoms with Crippen LogP contribution in [0.2, 0.25) is 5.02 Å². The largest absolute Gasteiger partial charge is 0.455 e. The molecule has 0 aliphatic carbocycles. The molecule has 2 aromatic carbocycles. The molecule has 0 saturated heterocycles. The summed E-state index contributed by atoms with van der Waals surface area (Å²) in [6, 6.07) is 15.7. The second-order valence-electron chi connectivity index (χ2n) is 4.64. The van der Waals surface area contributed by atoms with Crippen LogP contribution in [0.15, 0.2) is 52.9 Å². The molecule has 2 N–H and O–H groups in total. The van der Waals surface area contributed by atoms with E-state index in [1.807, 2.05) is 55.5 Å².